The van der Waals surface area contributed by atoms with E-state index in [1.54, 1.807) is 6.08 Å². The summed E-state index contributed by atoms with van der Waals surface area (Å²) in [6.07, 6.45) is 9.30. The van der Waals surface area contributed by atoms with E-state index in [9.17, 15) is 9.59 Å². The number of carbonyl (C=O) groups is 2. The third-order valence-electron chi connectivity index (χ3n) is 1.43. The van der Waals surface area contributed by atoms with E-state index in [1.807, 2.05) is 6.08 Å². The number of carboxylic acid groups (broad SMARTS) is 1. The average Bonchev–Trinajstić information content (AvgIpc) is 2.10. The Kier molecular flexibility index (Phi) is 6.51. The highest BCUT2D eigenvalue weighted by Crippen LogP contribution is 1.94. The van der Waals surface area contributed by atoms with Gasteiger partial charge in [0.2, 0.25) is 0 Å². The first-order valence-corrected chi connectivity index (χ1v) is 4.29. The fraction of sp³-hybridized carbons (Fsp3) is 0.400. The lowest BCUT2D eigenvalue weighted by Crippen LogP contribution is -2.08. The number of carbonyl (C=O) groups excluding carboxylic acids is 1. The first-order valence-electron chi connectivity index (χ1n) is 4.29. The molecular weight excluding hydrogens is 168 g/mol. The van der Waals surface area contributed by atoms with Crippen molar-refractivity contribution >= 4 is 11.8 Å². The fourth-order valence-corrected chi connectivity index (χ4v) is 0.711. The number of rotatable bonds is 6. The van der Waals surface area contributed by atoms with Crippen molar-refractivity contribution in [1.82, 2.24) is 0 Å². The largest absolute Gasteiger partial charge is 0.475 e. The Bertz CT molecular complexity index is 226. The van der Waals surface area contributed by atoms with E-state index in [4.69, 9.17) is 5.11 Å². The third kappa shape index (κ3) is 7.00. The van der Waals surface area contributed by atoms with Crippen molar-refractivity contribution in [3.8, 4) is 0 Å². The SMILES string of the molecule is CCCCC=CC=CC(=O)C(=O)O. The molecule has 3 heteroatoms. The molecule has 72 valence electrons. The van der Waals surface area contributed by atoms with Crippen LogP contribution in [0.4, 0.5) is 0 Å². The molecule has 0 atom stereocenters. The molecule has 0 aliphatic carbocycles. The Balaban J connectivity index is 3.68. The van der Waals surface area contributed by atoms with E-state index in [0.717, 1.165) is 25.3 Å². The van der Waals surface area contributed by atoms with E-state index in [1.165, 1.54) is 6.08 Å². The van der Waals surface area contributed by atoms with Crippen molar-refractivity contribution in [2.75, 3.05) is 0 Å². The first-order chi connectivity index (χ1) is 6.18. The molecule has 0 aromatic carbocycles. The van der Waals surface area contributed by atoms with Gasteiger partial charge in [0.15, 0.2) is 0 Å². The molecule has 0 bridgehead atoms. The van der Waals surface area contributed by atoms with Crippen molar-refractivity contribution in [3.63, 3.8) is 0 Å². The predicted octanol–water partition coefficient (Wildman–Crippen LogP) is 1.94. The van der Waals surface area contributed by atoms with E-state index < -0.39 is 11.8 Å². The Morgan fingerprint density at radius 2 is 2.00 bits per heavy atom. The second-order valence-corrected chi connectivity index (χ2v) is 2.60. The van der Waals surface area contributed by atoms with E-state index >= 15 is 0 Å². The van der Waals surface area contributed by atoms with Crippen LogP contribution in [0.2, 0.25) is 0 Å². The predicted molar refractivity (Wildman–Crippen MR) is 50.4 cm³/mol. The van der Waals surface area contributed by atoms with E-state index in [2.05, 4.69) is 6.92 Å². The average molecular weight is 182 g/mol. The van der Waals surface area contributed by atoms with E-state index in [-0.39, 0.29) is 0 Å². The molecule has 1 N–H and O–H groups in total. The zero-order valence-corrected chi connectivity index (χ0v) is 7.69. The minimum absolute atomic E-state index is 0.889. The summed E-state index contributed by atoms with van der Waals surface area (Å²) in [4.78, 5) is 20.6. The number of ketones is 1. The monoisotopic (exact) mass is 182 g/mol. The van der Waals surface area contributed by atoms with Crippen LogP contribution in [-0.4, -0.2) is 16.9 Å². The molecule has 3 nitrogen and oxygen atoms in total. The molecule has 0 fully saturated rings. The number of hydrogen-bond acceptors (Lipinski definition) is 2. The first kappa shape index (κ1) is 11.6. The topological polar surface area (TPSA) is 54.4 Å². The molecule has 0 heterocycles. The van der Waals surface area contributed by atoms with Crippen molar-refractivity contribution < 1.29 is 14.7 Å². The van der Waals surface area contributed by atoms with Crippen LogP contribution in [0.1, 0.15) is 26.2 Å². The third-order valence-corrected chi connectivity index (χ3v) is 1.43. The van der Waals surface area contributed by atoms with Crippen molar-refractivity contribution in [3.05, 3.63) is 24.3 Å². The maximum Gasteiger partial charge on any atom is 0.376 e. The van der Waals surface area contributed by atoms with Crippen LogP contribution in [0.15, 0.2) is 24.3 Å². The van der Waals surface area contributed by atoms with Crippen LogP contribution >= 0.6 is 0 Å². The number of carboxylic acids is 1. The maximum atomic E-state index is 10.5. The lowest BCUT2D eigenvalue weighted by molar-refractivity contribution is -0.146. The lowest BCUT2D eigenvalue weighted by atomic mass is 10.2. The summed E-state index contributed by atoms with van der Waals surface area (Å²) in [6, 6.07) is 0. The van der Waals surface area contributed by atoms with Crippen LogP contribution in [0.25, 0.3) is 0 Å². The summed E-state index contributed by atoms with van der Waals surface area (Å²) in [5.41, 5.74) is 0. The quantitative estimate of drug-likeness (QED) is 0.295. The molecule has 0 aliphatic rings. The van der Waals surface area contributed by atoms with Crippen LogP contribution < -0.4 is 0 Å². The van der Waals surface area contributed by atoms with Crippen molar-refractivity contribution in [1.29, 1.82) is 0 Å². The van der Waals surface area contributed by atoms with Gasteiger partial charge in [0, 0.05) is 0 Å². The molecule has 0 amide bonds. The molecule has 0 aromatic rings. The highest BCUT2D eigenvalue weighted by molar-refractivity contribution is 6.37. The van der Waals surface area contributed by atoms with E-state index in [0.29, 0.717) is 0 Å². The smallest absolute Gasteiger partial charge is 0.376 e. The summed E-state index contributed by atoms with van der Waals surface area (Å²) in [5.74, 6) is -2.31. The molecule has 0 rings (SSSR count). The van der Waals surface area contributed by atoms with Crippen molar-refractivity contribution in [2.24, 2.45) is 0 Å². The van der Waals surface area contributed by atoms with Crippen LogP contribution in [0.3, 0.4) is 0 Å². The molecule has 0 aromatic heterocycles. The van der Waals surface area contributed by atoms with Crippen LogP contribution in [0.5, 0.6) is 0 Å². The molecule has 0 spiro atoms. The molecule has 0 aliphatic heterocycles. The standard InChI is InChI=1S/C10H14O3/c1-2-3-4-5-6-7-8-9(11)10(12)13/h5-8H,2-4H2,1H3,(H,12,13). The van der Waals surface area contributed by atoms with Gasteiger partial charge < -0.3 is 5.11 Å². The molecule has 0 saturated carbocycles. The summed E-state index contributed by atoms with van der Waals surface area (Å²) in [5, 5.41) is 8.20. The van der Waals surface area contributed by atoms with Gasteiger partial charge in [-0.15, -0.1) is 0 Å². The molecule has 0 radical (unpaired) electrons. The summed E-state index contributed by atoms with van der Waals surface area (Å²) >= 11 is 0. The molecule has 0 unspecified atom stereocenters. The van der Waals surface area contributed by atoms with Gasteiger partial charge in [-0.05, 0) is 12.5 Å². The second kappa shape index (κ2) is 7.28. The summed E-state index contributed by atoms with van der Waals surface area (Å²) < 4.78 is 0. The fourth-order valence-electron chi connectivity index (χ4n) is 0.711. The van der Waals surface area contributed by atoms with Gasteiger partial charge in [-0.25, -0.2) is 4.79 Å². The molecular formula is C10H14O3. The maximum absolute atomic E-state index is 10.5. The van der Waals surface area contributed by atoms with Crippen molar-refractivity contribution in [2.45, 2.75) is 26.2 Å². The second-order valence-electron chi connectivity index (χ2n) is 2.60. The van der Waals surface area contributed by atoms with Gasteiger partial charge in [-0.3, -0.25) is 4.79 Å². The normalized spacial score (nSPS) is 11.2. The Morgan fingerprint density at radius 3 is 2.54 bits per heavy atom. The van der Waals surface area contributed by atoms with Gasteiger partial charge in [0.05, 0.1) is 0 Å². The molecule has 13 heavy (non-hydrogen) atoms. The van der Waals surface area contributed by atoms with Crippen LogP contribution in [-0.2, 0) is 9.59 Å². The van der Waals surface area contributed by atoms with Gasteiger partial charge in [-0.1, -0.05) is 38.0 Å². The lowest BCUT2D eigenvalue weighted by Gasteiger charge is -1.85. The highest BCUT2D eigenvalue weighted by atomic mass is 16.4. The Labute approximate surface area is 77.8 Å². The highest BCUT2D eigenvalue weighted by Gasteiger charge is 2.03. The van der Waals surface area contributed by atoms with Gasteiger partial charge >= 0.3 is 5.97 Å². The molecule has 0 saturated heterocycles. The number of allylic oxidation sites excluding steroid dienone is 3. The Morgan fingerprint density at radius 1 is 1.31 bits per heavy atom. The number of aliphatic carboxylic acids is 1. The summed E-state index contributed by atoms with van der Waals surface area (Å²) in [6.45, 7) is 2.09. The minimum Gasteiger partial charge on any atom is -0.475 e. The summed E-state index contributed by atoms with van der Waals surface area (Å²) in [7, 11) is 0. The van der Waals surface area contributed by atoms with Crippen LogP contribution in [0, 0.1) is 0 Å². The van der Waals surface area contributed by atoms with Gasteiger partial charge in [0.25, 0.3) is 5.78 Å². The zero-order chi connectivity index (χ0) is 10.1. The van der Waals surface area contributed by atoms with Gasteiger partial charge in [-0.2, -0.15) is 0 Å². The number of hydrogen-bond donors (Lipinski definition) is 1. The minimum atomic E-state index is -1.42. The van der Waals surface area contributed by atoms with Gasteiger partial charge in [0.1, 0.15) is 0 Å². The number of unbranched alkanes of at least 4 members (excludes halogenated alkanes) is 2. The Hall–Kier alpha value is -1.38. The zero-order valence-electron chi connectivity index (χ0n) is 7.69.